The van der Waals surface area contributed by atoms with Gasteiger partial charge in [0, 0.05) is 16.6 Å². The topological polar surface area (TPSA) is 49.4 Å². The first kappa shape index (κ1) is 24.3. The smallest absolute Gasteiger partial charge is 0.351 e. The zero-order chi connectivity index (χ0) is 23.3. The van der Waals surface area contributed by atoms with Crippen LogP contribution >= 0.6 is 11.3 Å². The van der Waals surface area contributed by atoms with Crippen molar-refractivity contribution < 1.29 is 22.8 Å². The van der Waals surface area contributed by atoms with E-state index >= 15 is 0 Å². The van der Waals surface area contributed by atoms with Crippen LogP contribution in [0, 0.1) is 0 Å². The molecule has 0 aliphatic heterocycles. The van der Waals surface area contributed by atoms with Gasteiger partial charge in [0.2, 0.25) is 5.91 Å². The molecule has 2 aromatic rings. The van der Waals surface area contributed by atoms with Crippen molar-refractivity contribution in [1.29, 1.82) is 0 Å². The Labute approximate surface area is 190 Å². The maximum absolute atomic E-state index is 13.7. The van der Waals surface area contributed by atoms with E-state index in [1.54, 1.807) is 29.6 Å². The van der Waals surface area contributed by atoms with Gasteiger partial charge in [0.25, 0.3) is 0 Å². The molecule has 2 atom stereocenters. The molecule has 0 saturated heterocycles. The highest BCUT2D eigenvalue weighted by Crippen LogP contribution is 2.35. The van der Waals surface area contributed by atoms with Gasteiger partial charge in [-0.1, -0.05) is 51.3 Å². The number of halogens is 3. The predicted octanol–water partition coefficient (Wildman–Crippen LogP) is 6.35. The minimum absolute atomic E-state index is 0.0524. The van der Waals surface area contributed by atoms with Gasteiger partial charge >= 0.3 is 12.1 Å². The molecule has 0 spiro atoms. The zero-order valence-electron chi connectivity index (χ0n) is 18.3. The molecule has 1 aromatic carbocycles. The van der Waals surface area contributed by atoms with Gasteiger partial charge in [-0.15, -0.1) is 11.3 Å². The first-order chi connectivity index (χ1) is 15.2. The number of rotatable bonds is 7. The number of benzene rings is 1. The summed E-state index contributed by atoms with van der Waals surface area (Å²) in [6.07, 6.45) is 0.372. The number of alkyl halides is 3. The van der Waals surface area contributed by atoms with E-state index in [4.69, 9.17) is 0 Å². The molecule has 1 saturated carbocycles. The predicted molar refractivity (Wildman–Crippen MR) is 121 cm³/mol. The summed E-state index contributed by atoms with van der Waals surface area (Å²) >= 11 is 1.16. The van der Waals surface area contributed by atoms with Gasteiger partial charge in [-0.2, -0.15) is 13.2 Å². The molecule has 3 rings (SSSR count). The Morgan fingerprint density at radius 2 is 1.78 bits per heavy atom. The van der Waals surface area contributed by atoms with Crippen LogP contribution in [0.3, 0.4) is 0 Å². The lowest BCUT2D eigenvalue weighted by molar-refractivity contribution is -0.171. The van der Waals surface area contributed by atoms with Crippen molar-refractivity contribution >= 4 is 28.8 Å². The molecule has 1 fully saturated rings. The zero-order valence-corrected chi connectivity index (χ0v) is 19.1. The molecule has 0 bridgehead atoms. The minimum Gasteiger partial charge on any atom is -0.351 e. The number of carbonyl (C=O) groups excluding carboxylic acids is 2. The minimum atomic E-state index is -5.12. The van der Waals surface area contributed by atoms with E-state index in [9.17, 15) is 22.8 Å². The average Bonchev–Trinajstić information content (AvgIpc) is 3.30. The summed E-state index contributed by atoms with van der Waals surface area (Å²) in [7, 11) is 0. The van der Waals surface area contributed by atoms with Crippen LogP contribution in [0.25, 0.3) is 0 Å². The molecule has 0 unspecified atom stereocenters. The highest BCUT2D eigenvalue weighted by molar-refractivity contribution is 7.10. The van der Waals surface area contributed by atoms with Crippen molar-refractivity contribution in [3.05, 3.63) is 52.2 Å². The van der Waals surface area contributed by atoms with Crippen LogP contribution in [0.2, 0.25) is 0 Å². The molecule has 1 heterocycles. The Kier molecular flexibility index (Phi) is 7.98. The van der Waals surface area contributed by atoms with Crippen LogP contribution < -0.4 is 10.2 Å². The Morgan fingerprint density at radius 1 is 1.12 bits per heavy atom. The second kappa shape index (κ2) is 10.5. The number of carbonyl (C=O) groups is 2. The van der Waals surface area contributed by atoms with Crippen LogP contribution in [0.15, 0.2) is 41.8 Å². The van der Waals surface area contributed by atoms with Crippen molar-refractivity contribution in [3.63, 3.8) is 0 Å². The van der Waals surface area contributed by atoms with E-state index in [-0.39, 0.29) is 17.6 Å². The lowest BCUT2D eigenvalue weighted by Crippen LogP contribution is -2.50. The second-order valence-electron chi connectivity index (χ2n) is 8.34. The SMILES string of the molecule is CC[C@@H](C)c1ccc(N(C(=O)C(F)(F)F)[C@H](C(=O)NC2CCCCC2)c2cccs2)cc1. The van der Waals surface area contributed by atoms with E-state index in [2.05, 4.69) is 5.32 Å². The quantitative estimate of drug-likeness (QED) is 0.517. The molecule has 32 heavy (non-hydrogen) atoms. The van der Waals surface area contributed by atoms with Crippen LogP contribution in [0.5, 0.6) is 0 Å². The molecule has 1 aromatic heterocycles. The molecule has 1 aliphatic carbocycles. The van der Waals surface area contributed by atoms with Gasteiger partial charge in [0.05, 0.1) is 0 Å². The number of anilines is 1. The molecule has 0 radical (unpaired) electrons. The van der Waals surface area contributed by atoms with Crippen LogP contribution in [0.4, 0.5) is 18.9 Å². The fourth-order valence-corrected chi connectivity index (χ4v) is 4.88. The molecule has 8 heteroatoms. The molecule has 1 N–H and O–H groups in total. The van der Waals surface area contributed by atoms with E-state index in [0.29, 0.717) is 9.78 Å². The Bertz CT molecular complexity index is 891. The van der Waals surface area contributed by atoms with Crippen molar-refractivity contribution in [3.8, 4) is 0 Å². The summed E-state index contributed by atoms with van der Waals surface area (Å²) in [5, 5.41) is 4.60. The number of hydrogen-bond donors (Lipinski definition) is 1. The number of thiophene rings is 1. The third-order valence-corrected chi connectivity index (χ3v) is 7.01. The van der Waals surface area contributed by atoms with Crippen LogP contribution in [0.1, 0.15) is 74.8 Å². The highest BCUT2D eigenvalue weighted by atomic mass is 32.1. The van der Waals surface area contributed by atoms with E-state index in [1.165, 1.54) is 12.1 Å². The lowest BCUT2D eigenvalue weighted by atomic mass is 9.95. The van der Waals surface area contributed by atoms with Crippen molar-refractivity contribution in [2.75, 3.05) is 4.90 Å². The third-order valence-electron chi connectivity index (χ3n) is 6.08. The molecule has 2 amide bonds. The van der Waals surface area contributed by atoms with Crippen LogP contribution in [-0.4, -0.2) is 24.0 Å². The summed E-state index contributed by atoms with van der Waals surface area (Å²) < 4.78 is 41.0. The summed E-state index contributed by atoms with van der Waals surface area (Å²) in [5.74, 6) is -2.40. The van der Waals surface area contributed by atoms with Crippen molar-refractivity contribution in [2.24, 2.45) is 0 Å². The Morgan fingerprint density at radius 3 is 2.31 bits per heavy atom. The third kappa shape index (κ3) is 5.71. The number of hydrogen-bond acceptors (Lipinski definition) is 3. The molecular formula is C24H29F3N2O2S. The fourth-order valence-electron chi connectivity index (χ4n) is 4.07. The molecule has 174 valence electrons. The maximum atomic E-state index is 13.7. The molecule has 4 nitrogen and oxygen atoms in total. The van der Waals surface area contributed by atoms with Gasteiger partial charge < -0.3 is 5.32 Å². The second-order valence-corrected chi connectivity index (χ2v) is 9.31. The Balaban J connectivity index is 2.01. The summed E-state index contributed by atoms with van der Waals surface area (Å²) in [6, 6.07) is 8.24. The molecule has 1 aliphatic rings. The number of amides is 2. The van der Waals surface area contributed by atoms with Gasteiger partial charge in [0.15, 0.2) is 6.04 Å². The van der Waals surface area contributed by atoms with Crippen molar-refractivity contribution in [1.82, 2.24) is 5.32 Å². The number of nitrogens with one attached hydrogen (secondary N) is 1. The first-order valence-electron chi connectivity index (χ1n) is 11.1. The number of nitrogens with zero attached hydrogens (tertiary/aromatic N) is 1. The van der Waals surface area contributed by atoms with Gasteiger partial charge in [-0.3, -0.25) is 14.5 Å². The first-order valence-corrected chi connectivity index (χ1v) is 11.9. The standard InChI is InChI=1S/C24H29F3N2O2S/c1-3-16(2)17-11-13-19(14-12-17)29(23(31)24(25,26)27)21(20-10-7-15-32-20)22(30)28-18-8-5-4-6-9-18/h7,10-16,18,21H,3-6,8-9H2,1-2H3,(H,28,30)/t16-,21+/m1/s1. The summed E-state index contributed by atoms with van der Waals surface area (Å²) in [6.45, 7) is 4.06. The normalized spacial score (nSPS) is 16.9. The largest absolute Gasteiger partial charge is 0.471 e. The fraction of sp³-hybridized carbons (Fsp3) is 0.500. The highest BCUT2D eigenvalue weighted by Gasteiger charge is 2.47. The lowest BCUT2D eigenvalue weighted by Gasteiger charge is -2.33. The average molecular weight is 467 g/mol. The van der Waals surface area contributed by atoms with Crippen molar-refractivity contribution in [2.45, 2.75) is 76.6 Å². The Hall–Kier alpha value is -2.35. The van der Waals surface area contributed by atoms with Crippen LogP contribution in [-0.2, 0) is 9.59 Å². The summed E-state index contributed by atoms with van der Waals surface area (Å²) in [5.41, 5.74) is 1.02. The van der Waals surface area contributed by atoms with Gasteiger partial charge in [-0.05, 0) is 54.3 Å². The van der Waals surface area contributed by atoms with Gasteiger partial charge in [-0.25, -0.2) is 0 Å². The van der Waals surface area contributed by atoms with E-state index < -0.39 is 24.0 Å². The monoisotopic (exact) mass is 466 g/mol. The maximum Gasteiger partial charge on any atom is 0.471 e. The summed E-state index contributed by atoms with van der Waals surface area (Å²) in [4.78, 5) is 26.9. The van der Waals surface area contributed by atoms with E-state index in [1.807, 2.05) is 13.8 Å². The molecular weight excluding hydrogens is 437 g/mol. The van der Waals surface area contributed by atoms with Gasteiger partial charge in [0.1, 0.15) is 0 Å². The van der Waals surface area contributed by atoms with E-state index in [0.717, 1.165) is 55.4 Å².